The molecule has 1 aliphatic heterocycles. The molecule has 3 N–H and O–H groups in total. The van der Waals surface area contributed by atoms with Crippen molar-refractivity contribution in [3.05, 3.63) is 59.7 Å². The number of carboxylic acids is 1. The molecule has 216 valence electrons. The van der Waals surface area contributed by atoms with E-state index in [0.717, 1.165) is 4.90 Å². The van der Waals surface area contributed by atoms with Crippen LogP contribution in [0.3, 0.4) is 0 Å². The van der Waals surface area contributed by atoms with Gasteiger partial charge in [-0.3, -0.25) is 14.5 Å². The molecule has 2 aromatic carbocycles. The van der Waals surface area contributed by atoms with Gasteiger partial charge < -0.3 is 25.4 Å². The zero-order valence-electron chi connectivity index (χ0n) is 22.2. The zero-order chi connectivity index (χ0) is 29.7. The van der Waals surface area contributed by atoms with Crippen molar-refractivity contribution < 1.29 is 42.2 Å². The number of piperazine rings is 1. The summed E-state index contributed by atoms with van der Waals surface area (Å²) in [4.78, 5) is 51.5. The SMILES string of the molecule is CC(C)(C)OC(=O)N[C@@H](Cc1ccc(N2CCN(CC(F)(F)F)CC2=O)cc1)C(=O)Nc1ccc(C(=O)O)cc1. The fourth-order valence-electron chi connectivity index (χ4n) is 4.02. The van der Waals surface area contributed by atoms with Crippen molar-refractivity contribution in [2.24, 2.45) is 0 Å². The highest BCUT2D eigenvalue weighted by Crippen LogP contribution is 2.22. The van der Waals surface area contributed by atoms with Crippen LogP contribution in [-0.2, 0) is 20.7 Å². The zero-order valence-corrected chi connectivity index (χ0v) is 22.2. The van der Waals surface area contributed by atoms with Crippen LogP contribution in [0, 0.1) is 0 Å². The number of aromatic carboxylic acids is 1. The van der Waals surface area contributed by atoms with Crippen molar-refractivity contribution in [1.29, 1.82) is 0 Å². The number of benzene rings is 2. The fraction of sp³-hybridized carbons (Fsp3) is 0.407. The molecule has 0 aliphatic carbocycles. The summed E-state index contributed by atoms with van der Waals surface area (Å²) in [6, 6.07) is 11.0. The third-order valence-corrected chi connectivity index (χ3v) is 5.80. The van der Waals surface area contributed by atoms with E-state index in [0.29, 0.717) is 16.9 Å². The van der Waals surface area contributed by atoms with E-state index in [9.17, 15) is 32.3 Å². The predicted octanol–water partition coefficient (Wildman–Crippen LogP) is 3.67. The third-order valence-electron chi connectivity index (χ3n) is 5.80. The highest BCUT2D eigenvalue weighted by Gasteiger charge is 2.35. The number of nitrogens with one attached hydrogen (secondary N) is 2. The molecule has 0 spiro atoms. The van der Waals surface area contributed by atoms with Crippen LogP contribution in [0.25, 0.3) is 0 Å². The Bertz CT molecular complexity index is 1230. The van der Waals surface area contributed by atoms with Gasteiger partial charge in [0.2, 0.25) is 11.8 Å². The maximum Gasteiger partial charge on any atom is 0.408 e. The quantitative estimate of drug-likeness (QED) is 0.446. The van der Waals surface area contributed by atoms with Gasteiger partial charge in [-0.1, -0.05) is 12.1 Å². The van der Waals surface area contributed by atoms with E-state index < -0.39 is 48.2 Å². The topological polar surface area (TPSA) is 128 Å². The van der Waals surface area contributed by atoms with Gasteiger partial charge in [0, 0.05) is 30.9 Å². The molecular formula is C27H31F3N4O6. The van der Waals surface area contributed by atoms with Crippen LogP contribution >= 0.6 is 0 Å². The van der Waals surface area contributed by atoms with E-state index in [1.165, 1.54) is 29.2 Å². The Balaban J connectivity index is 1.70. The van der Waals surface area contributed by atoms with Gasteiger partial charge >= 0.3 is 18.2 Å². The first kappa shape index (κ1) is 30.4. The molecular weight excluding hydrogens is 533 g/mol. The van der Waals surface area contributed by atoms with Crippen LogP contribution in [0.1, 0.15) is 36.7 Å². The molecule has 0 unspecified atom stereocenters. The smallest absolute Gasteiger partial charge is 0.408 e. The lowest BCUT2D eigenvalue weighted by Crippen LogP contribution is -2.52. The number of amides is 3. The van der Waals surface area contributed by atoms with Crippen molar-refractivity contribution in [3.63, 3.8) is 0 Å². The first-order valence-electron chi connectivity index (χ1n) is 12.4. The molecule has 1 saturated heterocycles. The van der Waals surface area contributed by atoms with Gasteiger partial charge in [-0.25, -0.2) is 9.59 Å². The van der Waals surface area contributed by atoms with Gasteiger partial charge in [0.25, 0.3) is 0 Å². The number of hydrogen-bond donors (Lipinski definition) is 3. The number of carbonyl (C=O) groups excluding carboxylic acids is 3. The Morgan fingerprint density at radius 2 is 1.62 bits per heavy atom. The first-order valence-corrected chi connectivity index (χ1v) is 12.4. The Hall–Kier alpha value is -4.13. The van der Waals surface area contributed by atoms with Crippen LogP contribution in [0.15, 0.2) is 48.5 Å². The van der Waals surface area contributed by atoms with Crippen LogP contribution < -0.4 is 15.5 Å². The molecule has 3 rings (SSSR count). The molecule has 1 atom stereocenters. The first-order chi connectivity index (χ1) is 18.6. The minimum Gasteiger partial charge on any atom is -0.478 e. The standard InChI is InChI=1S/C27H31F3N4O6/c1-26(2,3)40-25(39)32-21(23(36)31-19-8-6-18(7-9-19)24(37)38)14-17-4-10-20(11-5-17)34-13-12-33(15-22(34)35)16-27(28,29)30/h4-11,21H,12-16H2,1-3H3,(H,31,36)(H,32,39)(H,37,38)/t21-/m0/s1. The highest BCUT2D eigenvalue weighted by molar-refractivity contribution is 5.97. The number of anilines is 2. The maximum atomic E-state index is 13.1. The van der Waals surface area contributed by atoms with Gasteiger partial charge in [0.1, 0.15) is 11.6 Å². The molecule has 1 aliphatic rings. The number of hydrogen-bond acceptors (Lipinski definition) is 6. The number of alkyl halides is 3. The number of ether oxygens (including phenoxy) is 1. The van der Waals surface area contributed by atoms with Gasteiger partial charge in [-0.2, -0.15) is 13.2 Å². The molecule has 10 nitrogen and oxygen atoms in total. The van der Waals surface area contributed by atoms with Gasteiger partial charge in [0.05, 0.1) is 18.7 Å². The number of rotatable bonds is 8. The van der Waals surface area contributed by atoms with Crippen molar-refractivity contribution in [2.75, 3.05) is 36.4 Å². The van der Waals surface area contributed by atoms with Crippen molar-refractivity contribution in [2.45, 2.75) is 45.0 Å². The lowest BCUT2D eigenvalue weighted by Gasteiger charge is -2.34. The molecule has 0 saturated carbocycles. The van der Waals surface area contributed by atoms with E-state index in [-0.39, 0.29) is 31.6 Å². The molecule has 0 aromatic heterocycles. The minimum absolute atomic E-state index is 0.0433. The van der Waals surface area contributed by atoms with Gasteiger partial charge in [-0.15, -0.1) is 0 Å². The summed E-state index contributed by atoms with van der Waals surface area (Å²) in [6.45, 7) is 3.70. The number of halogens is 3. The predicted molar refractivity (Wildman–Crippen MR) is 140 cm³/mol. The largest absolute Gasteiger partial charge is 0.478 e. The molecule has 1 heterocycles. The lowest BCUT2D eigenvalue weighted by molar-refractivity contribution is -0.150. The molecule has 1 fully saturated rings. The van der Waals surface area contributed by atoms with Crippen molar-refractivity contribution in [3.8, 4) is 0 Å². The Kier molecular flexibility index (Phi) is 9.40. The monoisotopic (exact) mass is 564 g/mol. The van der Waals surface area contributed by atoms with Gasteiger partial charge in [0.15, 0.2) is 0 Å². The van der Waals surface area contributed by atoms with Crippen LogP contribution in [-0.4, -0.2) is 77.9 Å². The Morgan fingerprint density at radius 1 is 1.00 bits per heavy atom. The maximum absolute atomic E-state index is 13.1. The number of carboxylic acid groups (broad SMARTS) is 1. The molecule has 13 heteroatoms. The second kappa shape index (κ2) is 12.4. The van der Waals surface area contributed by atoms with E-state index in [1.54, 1.807) is 45.0 Å². The summed E-state index contributed by atoms with van der Waals surface area (Å²) in [5.74, 6) is -2.15. The Labute approximate surface area is 229 Å². The third kappa shape index (κ3) is 9.26. The van der Waals surface area contributed by atoms with Crippen LogP contribution in [0.5, 0.6) is 0 Å². The second-order valence-electron chi connectivity index (χ2n) is 10.3. The molecule has 40 heavy (non-hydrogen) atoms. The summed E-state index contributed by atoms with van der Waals surface area (Å²) in [5.41, 5.74) is 0.687. The van der Waals surface area contributed by atoms with E-state index in [4.69, 9.17) is 9.84 Å². The summed E-state index contributed by atoms with van der Waals surface area (Å²) >= 11 is 0. The van der Waals surface area contributed by atoms with E-state index >= 15 is 0 Å². The number of carbonyl (C=O) groups is 4. The Morgan fingerprint density at radius 3 is 2.15 bits per heavy atom. The summed E-state index contributed by atoms with van der Waals surface area (Å²) in [5, 5.41) is 14.3. The normalized spacial score (nSPS) is 15.3. The molecule has 3 amide bonds. The number of alkyl carbamates (subject to hydrolysis) is 1. The van der Waals surface area contributed by atoms with E-state index in [2.05, 4.69) is 10.6 Å². The molecule has 0 bridgehead atoms. The van der Waals surface area contributed by atoms with Crippen LogP contribution in [0.4, 0.5) is 29.3 Å². The van der Waals surface area contributed by atoms with E-state index in [1.807, 2.05) is 0 Å². The van der Waals surface area contributed by atoms with Crippen LogP contribution in [0.2, 0.25) is 0 Å². The number of nitrogens with zero attached hydrogens (tertiary/aromatic N) is 2. The molecule has 0 radical (unpaired) electrons. The lowest BCUT2D eigenvalue weighted by atomic mass is 10.0. The van der Waals surface area contributed by atoms with Crippen molar-refractivity contribution >= 4 is 35.3 Å². The fourth-order valence-corrected chi connectivity index (χ4v) is 4.02. The summed E-state index contributed by atoms with van der Waals surface area (Å²) < 4.78 is 43.3. The van der Waals surface area contributed by atoms with Gasteiger partial charge in [-0.05, 0) is 62.7 Å². The highest BCUT2D eigenvalue weighted by atomic mass is 19.4. The average molecular weight is 565 g/mol. The second-order valence-corrected chi connectivity index (χ2v) is 10.3. The summed E-state index contributed by atoms with van der Waals surface area (Å²) in [7, 11) is 0. The molecule has 2 aromatic rings. The van der Waals surface area contributed by atoms with Crippen molar-refractivity contribution in [1.82, 2.24) is 10.2 Å². The average Bonchev–Trinajstić information content (AvgIpc) is 2.82. The minimum atomic E-state index is -4.39. The summed E-state index contributed by atoms with van der Waals surface area (Å²) in [6.07, 6.45) is -5.15.